The molecule has 0 saturated carbocycles. The molecule has 0 radical (unpaired) electrons. The van der Waals surface area contributed by atoms with E-state index in [0.717, 1.165) is 0 Å². The maximum absolute atomic E-state index is 9.81. The lowest BCUT2D eigenvalue weighted by molar-refractivity contribution is 0.116. The quantitative estimate of drug-likeness (QED) is 0.744. The Labute approximate surface area is 83.7 Å². The Morgan fingerprint density at radius 3 is 2.86 bits per heavy atom. The molecular formula is C10H16N2O2. The highest BCUT2D eigenvalue weighted by atomic mass is 16.5. The average Bonchev–Trinajstić information content (AvgIpc) is 2.27. The number of nitrogens with zero attached hydrogens (tertiary/aromatic N) is 1. The molecule has 0 aliphatic heterocycles. The Bertz CT molecular complexity index is 291. The molecule has 0 aliphatic rings. The molecule has 3 N–H and O–H groups in total. The highest BCUT2D eigenvalue weighted by Crippen LogP contribution is 2.20. The van der Waals surface area contributed by atoms with Crippen molar-refractivity contribution in [2.75, 3.05) is 13.7 Å². The summed E-state index contributed by atoms with van der Waals surface area (Å²) in [7, 11) is 1.55. The first-order valence-corrected chi connectivity index (χ1v) is 4.58. The maximum Gasteiger partial charge on any atom is 0.213 e. The van der Waals surface area contributed by atoms with Crippen molar-refractivity contribution in [2.24, 2.45) is 11.7 Å². The molecule has 0 aliphatic carbocycles. The number of aliphatic hydroxyl groups is 1. The van der Waals surface area contributed by atoms with Crippen LogP contribution in [0.25, 0.3) is 0 Å². The summed E-state index contributed by atoms with van der Waals surface area (Å²) in [5.74, 6) is 0.500. The number of aliphatic hydroxyl groups excluding tert-OH is 1. The number of methoxy groups -OCH3 is 1. The zero-order valence-corrected chi connectivity index (χ0v) is 8.47. The molecule has 0 spiro atoms. The summed E-state index contributed by atoms with van der Waals surface area (Å²) < 4.78 is 4.96. The molecular weight excluding hydrogens is 180 g/mol. The third-order valence-electron chi connectivity index (χ3n) is 2.17. The Hall–Kier alpha value is -1.13. The second-order valence-corrected chi connectivity index (χ2v) is 3.26. The lowest BCUT2D eigenvalue weighted by Gasteiger charge is -2.16. The zero-order chi connectivity index (χ0) is 10.6. The van der Waals surface area contributed by atoms with Gasteiger partial charge in [0.25, 0.3) is 0 Å². The summed E-state index contributed by atoms with van der Waals surface area (Å²) in [5.41, 5.74) is 6.06. The molecule has 4 heteroatoms. The van der Waals surface area contributed by atoms with Gasteiger partial charge in [-0.25, -0.2) is 4.98 Å². The second-order valence-electron chi connectivity index (χ2n) is 3.26. The summed E-state index contributed by atoms with van der Waals surface area (Å²) in [4.78, 5) is 4.13. The molecule has 0 aromatic carbocycles. The lowest BCUT2D eigenvalue weighted by Crippen LogP contribution is -2.19. The molecule has 1 heterocycles. The monoisotopic (exact) mass is 196 g/mol. The van der Waals surface area contributed by atoms with Crippen molar-refractivity contribution in [2.45, 2.75) is 13.0 Å². The van der Waals surface area contributed by atoms with Crippen LogP contribution in [-0.2, 0) is 0 Å². The fourth-order valence-electron chi connectivity index (χ4n) is 1.13. The van der Waals surface area contributed by atoms with Crippen LogP contribution in [0.3, 0.4) is 0 Å². The molecule has 1 rings (SSSR count). The molecule has 0 amide bonds. The van der Waals surface area contributed by atoms with Gasteiger partial charge in [-0.1, -0.05) is 13.0 Å². The van der Waals surface area contributed by atoms with Crippen molar-refractivity contribution in [3.63, 3.8) is 0 Å². The van der Waals surface area contributed by atoms with Gasteiger partial charge in [-0.05, 0) is 18.5 Å². The van der Waals surface area contributed by atoms with E-state index >= 15 is 0 Å². The maximum atomic E-state index is 9.81. The third kappa shape index (κ3) is 2.43. The van der Waals surface area contributed by atoms with Crippen LogP contribution in [0, 0.1) is 5.92 Å². The molecule has 0 saturated heterocycles. The molecule has 1 aromatic heterocycles. The van der Waals surface area contributed by atoms with E-state index in [-0.39, 0.29) is 5.92 Å². The minimum absolute atomic E-state index is 0.00499. The number of hydrogen-bond donors (Lipinski definition) is 2. The summed E-state index contributed by atoms with van der Waals surface area (Å²) in [6, 6.07) is 5.30. The van der Waals surface area contributed by atoms with Gasteiger partial charge in [0, 0.05) is 6.07 Å². The fraction of sp³-hybridized carbons (Fsp3) is 0.500. The minimum atomic E-state index is -0.630. The Balaban J connectivity index is 2.83. The first kappa shape index (κ1) is 10.9. The number of rotatable bonds is 4. The van der Waals surface area contributed by atoms with Crippen LogP contribution in [0.4, 0.5) is 0 Å². The van der Waals surface area contributed by atoms with Crippen molar-refractivity contribution >= 4 is 0 Å². The second kappa shape index (κ2) is 4.93. The smallest absolute Gasteiger partial charge is 0.213 e. The van der Waals surface area contributed by atoms with Crippen molar-refractivity contribution in [3.05, 3.63) is 23.9 Å². The van der Waals surface area contributed by atoms with Crippen LogP contribution in [0.1, 0.15) is 18.7 Å². The number of aromatic nitrogens is 1. The van der Waals surface area contributed by atoms with Gasteiger partial charge in [0.05, 0.1) is 18.9 Å². The molecule has 2 unspecified atom stereocenters. The zero-order valence-electron chi connectivity index (χ0n) is 8.47. The fourth-order valence-corrected chi connectivity index (χ4v) is 1.13. The first-order chi connectivity index (χ1) is 6.69. The predicted molar refractivity (Wildman–Crippen MR) is 54.0 cm³/mol. The number of hydrogen-bond acceptors (Lipinski definition) is 4. The van der Waals surface area contributed by atoms with Gasteiger partial charge in [-0.3, -0.25) is 0 Å². The lowest BCUT2D eigenvalue weighted by atomic mass is 10.0. The number of pyridine rings is 1. The van der Waals surface area contributed by atoms with Gasteiger partial charge in [0.2, 0.25) is 5.88 Å². The summed E-state index contributed by atoms with van der Waals surface area (Å²) >= 11 is 0. The van der Waals surface area contributed by atoms with Crippen molar-refractivity contribution < 1.29 is 9.84 Å². The van der Waals surface area contributed by atoms with E-state index in [0.29, 0.717) is 18.1 Å². The first-order valence-electron chi connectivity index (χ1n) is 4.58. The number of nitrogens with two attached hydrogens (primary N) is 1. The SMILES string of the molecule is COc1cccc(C(O)C(C)CN)n1. The molecule has 4 nitrogen and oxygen atoms in total. The van der Waals surface area contributed by atoms with Crippen LogP contribution < -0.4 is 10.5 Å². The molecule has 1 aromatic rings. The third-order valence-corrected chi connectivity index (χ3v) is 2.17. The highest BCUT2D eigenvalue weighted by Gasteiger charge is 2.16. The molecule has 78 valence electrons. The number of ether oxygens (including phenoxy) is 1. The molecule has 2 atom stereocenters. The van der Waals surface area contributed by atoms with E-state index in [9.17, 15) is 5.11 Å². The van der Waals surface area contributed by atoms with Crippen LogP contribution in [0.15, 0.2) is 18.2 Å². The van der Waals surface area contributed by atoms with Crippen LogP contribution in [0.5, 0.6) is 5.88 Å². The van der Waals surface area contributed by atoms with E-state index in [1.54, 1.807) is 25.3 Å². The largest absolute Gasteiger partial charge is 0.481 e. The van der Waals surface area contributed by atoms with Gasteiger partial charge in [0.15, 0.2) is 0 Å². The van der Waals surface area contributed by atoms with Crippen molar-refractivity contribution in [1.29, 1.82) is 0 Å². The summed E-state index contributed by atoms with van der Waals surface area (Å²) in [6.07, 6.45) is -0.630. The van der Waals surface area contributed by atoms with Gasteiger partial charge >= 0.3 is 0 Å². The molecule has 14 heavy (non-hydrogen) atoms. The van der Waals surface area contributed by atoms with Gasteiger partial charge in [-0.15, -0.1) is 0 Å². The Kier molecular flexibility index (Phi) is 3.85. The van der Waals surface area contributed by atoms with Crippen molar-refractivity contribution in [1.82, 2.24) is 4.98 Å². The van der Waals surface area contributed by atoms with Crippen LogP contribution >= 0.6 is 0 Å². The van der Waals surface area contributed by atoms with E-state index in [4.69, 9.17) is 10.5 Å². The Morgan fingerprint density at radius 2 is 2.29 bits per heavy atom. The topological polar surface area (TPSA) is 68.4 Å². The van der Waals surface area contributed by atoms with Gasteiger partial charge < -0.3 is 15.6 Å². The average molecular weight is 196 g/mol. The molecule has 0 bridgehead atoms. The Morgan fingerprint density at radius 1 is 1.57 bits per heavy atom. The van der Waals surface area contributed by atoms with E-state index in [1.807, 2.05) is 6.92 Å². The molecule has 0 fully saturated rings. The highest BCUT2D eigenvalue weighted by molar-refractivity contribution is 5.17. The predicted octanol–water partition coefficient (Wildman–Crippen LogP) is 0.718. The summed E-state index contributed by atoms with van der Waals surface area (Å²) in [6.45, 7) is 2.31. The van der Waals surface area contributed by atoms with Gasteiger partial charge in [0.1, 0.15) is 0 Å². The van der Waals surface area contributed by atoms with E-state index in [1.165, 1.54) is 0 Å². The van der Waals surface area contributed by atoms with Gasteiger partial charge in [-0.2, -0.15) is 0 Å². The van der Waals surface area contributed by atoms with E-state index < -0.39 is 6.10 Å². The minimum Gasteiger partial charge on any atom is -0.481 e. The summed E-state index contributed by atoms with van der Waals surface area (Å²) in [5, 5.41) is 9.81. The van der Waals surface area contributed by atoms with Crippen LogP contribution in [-0.4, -0.2) is 23.7 Å². The standard InChI is InChI=1S/C10H16N2O2/c1-7(6-11)10(13)8-4-3-5-9(12-8)14-2/h3-5,7,10,13H,6,11H2,1-2H3. The van der Waals surface area contributed by atoms with E-state index in [2.05, 4.69) is 4.98 Å². The van der Waals surface area contributed by atoms with Crippen LogP contribution in [0.2, 0.25) is 0 Å². The van der Waals surface area contributed by atoms with Crippen molar-refractivity contribution in [3.8, 4) is 5.88 Å². The normalized spacial score (nSPS) is 14.9.